The highest BCUT2D eigenvalue weighted by Gasteiger charge is 2.55. The first kappa shape index (κ1) is 25.7. The molecule has 1 aliphatic carbocycles. The number of aryl methyl sites for hydroxylation is 1. The summed E-state index contributed by atoms with van der Waals surface area (Å²) in [6.45, 7) is 13.8. The van der Waals surface area contributed by atoms with E-state index in [1.165, 1.54) is 0 Å². The van der Waals surface area contributed by atoms with E-state index >= 15 is 0 Å². The van der Waals surface area contributed by atoms with Crippen LogP contribution in [-0.2, 0) is 9.47 Å². The Kier molecular flexibility index (Phi) is 6.51. The average Bonchev–Trinajstić information content (AvgIpc) is 3.12. The zero-order valence-corrected chi connectivity index (χ0v) is 22.3. The molecule has 1 spiro atoms. The molecule has 8 nitrogen and oxygen atoms in total. The molecule has 10 heteroatoms. The number of rotatable bonds is 4. The van der Waals surface area contributed by atoms with Gasteiger partial charge in [0.1, 0.15) is 11.1 Å². The molecule has 4 heterocycles. The number of carbonyl (C=O) groups is 1. The van der Waals surface area contributed by atoms with Crippen LogP contribution in [0.3, 0.4) is 0 Å². The molecule has 3 aliphatic heterocycles. The van der Waals surface area contributed by atoms with Crippen molar-refractivity contribution < 1.29 is 23.0 Å². The molecule has 0 aromatic carbocycles. The standard InChI is InChI=1S/C26H41F2N5O3/c1-18-12-21(32-9-8-30(15-25(32,5)22(27)28)19-6-10-35-11-7-19)29-33(18)20-13-26(14-20)16-31(17-26)23(34)36-24(2,3)4/h12,19-20,22H,6-11,13-17H2,1-5H3/t25-/m0/s1. The second kappa shape index (κ2) is 9.11. The number of likely N-dealkylation sites (tertiary alicyclic amines) is 1. The number of ether oxygens (including phenoxy) is 2. The van der Waals surface area contributed by atoms with Crippen molar-refractivity contribution in [2.45, 2.75) is 90.0 Å². The Hall–Kier alpha value is -1.94. The molecule has 0 unspecified atom stereocenters. The van der Waals surface area contributed by atoms with Gasteiger partial charge in [0.05, 0.1) is 6.04 Å². The Morgan fingerprint density at radius 1 is 1.14 bits per heavy atom. The van der Waals surface area contributed by atoms with Crippen LogP contribution in [0.1, 0.15) is 65.1 Å². The van der Waals surface area contributed by atoms with Gasteiger partial charge in [0.15, 0.2) is 5.82 Å². The number of hydrogen-bond donors (Lipinski definition) is 0. The number of carbonyl (C=O) groups excluding carboxylic acids is 1. The molecule has 4 fully saturated rings. The SMILES string of the molecule is Cc1cc(N2CCN(C3CCOCC3)C[C@@]2(C)C(F)F)nn1C1CC2(C1)CN(C(=O)OC(C)(C)C)C2. The molecule has 3 saturated heterocycles. The summed E-state index contributed by atoms with van der Waals surface area (Å²) in [6, 6.07) is 2.51. The topological polar surface area (TPSA) is 63.1 Å². The molecular formula is C26H41F2N5O3. The maximum Gasteiger partial charge on any atom is 0.410 e. The predicted molar refractivity (Wildman–Crippen MR) is 133 cm³/mol. The predicted octanol–water partition coefficient (Wildman–Crippen LogP) is 4.09. The van der Waals surface area contributed by atoms with Crippen molar-refractivity contribution in [2.24, 2.45) is 5.41 Å². The minimum atomic E-state index is -2.48. The van der Waals surface area contributed by atoms with Gasteiger partial charge in [0.2, 0.25) is 0 Å². The molecule has 1 amide bonds. The molecule has 1 aromatic heterocycles. The van der Waals surface area contributed by atoms with Gasteiger partial charge in [0.25, 0.3) is 6.43 Å². The second-order valence-electron chi connectivity index (χ2n) is 12.6. The van der Waals surface area contributed by atoms with Gasteiger partial charge in [0, 0.05) is 69.2 Å². The van der Waals surface area contributed by atoms with Crippen LogP contribution in [-0.4, -0.2) is 95.2 Å². The number of aromatic nitrogens is 2. The lowest BCUT2D eigenvalue weighted by molar-refractivity contribution is -0.0931. The van der Waals surface area contributed by atoms with Gasteiger partial charge in [-0.3, -0.25) is 9.58 Å². The number of amides is 1. The normalized spacial score (nSPS) is 27.9. The van der Waals surface area contributed by atoms with Gasteiger partial charge in [-0.2, -0.15) is 5.10 Å². The Morgan fingerprint density at radius 2 is 1.81 bits per heavy atom. The number of halogens is 2. The third-order valence-electron chi connectivity index (χ3n) is 8.50. The van der Waals surface area contributed by atoms with E-state index in [0.717, 1.165) is 37.9 Å². The zero-order valence-electron chi connectivity index (χ0n) is 22.3. The summed E-state index contributed by atoms with van der Waals surface area (Å²) >= 11 is 0. The first-order chi connectivity index (χ1) is 16.9. The number of alkyl halides is 2. The van der Waals surface area contributed by atoms with Crippen LogP contribution in [0, 0.1) is 12.3 Å². The van der Waals surface area contributed by atoms with Crippen molar-refractivity contribution in [3.05, 3.63) is 11.8 Å². The minimum Gasteiger partial charge on any atom is -0.444 e. The summed E-state index contributed by atoms with van der Waals surface area (Å²) in [5, 5.41) is 4.86. The van der Waals surface area contributed by atoms with Gasteiger partial charge >= 0.3 is 6.09 Å². The van der Waals surface area contributed by atoms with Crippen LogP contribution >= 0.6 is 0 Å². The first-order valence-electron chi connectivity index (χ1n) is 13.3. The van der Waals surface area contributed by atoms with Crippen molar-refractivity contribution in [2.75, 3.05) is 50.8 Å². The Morgan fingerprint density at radius 3 is 2.42 bits per heavy atom. The Bertz CT molecular complexity index is 959. The van der Waals surface area contributed by atoms with Crippen molar-refractivity contribution in [1.29, 1.82) is 0 Å². The van der Waals surface area contributed by atoms with E-state index in [4.69, 9.17) is 14.6 Å². The smallest absolute Gasteiger partial charge is 0.410 e. The van der Waals surface area contributed by atoms with Crippen LogP contribution < -0.4 is 4.90 Å². The van der Waals surface area contributed by atoms with Crippen LogP contribution in [0.15, 0.2) is 6.07 Å². The van der Waals surface area contributed by atoms with Crippen LogP contribution in [0.25, 0.3) is 0 Å². The molecule has 1 aromatic rings. The number of hydrogen-bond acceptors (Lipinski definition) is 6. The van der Waals surface area contributed by atoms with Crippen LogP contribution in [0.5, 0.6) is 0 Å². The van der Waals surface area contributed by atoms with Gasteiger partial charge in [-0.1, -0.05) is 0 Å². The molecule has 5 rings (SSSR count). The van der Waals surface area contributed by atoms with Crippen molar-refractivity contribution in [3.8, 4) is 0 Å². The molecule has 0 N–H and O–H groups in total. The van der Waals surface area contributed by atoms with E-state index in [-0.39, 0.29) is 17.6 Å². The molecule has 0 bridgehead atoms. The fourth-order valence-electron chi connectivity index (χ4n) is 6.55. The van der Waals surface area contributed by atoms with Crippen molar-refractivity contribution in [3.63, 3.8) is 0 Å². The molecule has 36 heavy (non-hydrogen) atoms. The highest BCUT2D eigenvalue weighted by molar-refractivity contribution is 5.69. The molecule has 4 aliphatic rings. The minimum absolute atomic E-state index is 0.132. The third-order valence-corrected chi connectivity index (χ3v) is 8.50. The quantitative estimate of drug-likeness (QED) is 0.609. The summed E-state index contributed by atoms with van der Waals surface area (Å²) in [5.74, 6) is 0.645. The maximum absolute atomic E-state index is 14.5. The summed E-state index contributed by atoms with van der Waals surface area (Å²) in [6.07, 6.45) is 0.964. The average molecular weight is 510 g/mol. The number of anilines is 1. The first-order valence-corrected chi connectivity index (χ1v) is 13.3. The van der Waals surface area contributed by atoms with Gasteiger partial charge < -0.3 is 19.3 Å². The van der Waals surface area contributed by atoms with E-state index < -0.39 is 17.6 Å². The monoisotopic (exact) mass is 509 g/mol. The molecular weight excluding hydrogens is 468 g/mol. The van der Waals surface area contributed by atoms with E-state index in [0.29, 0.717) is 51.3 Å². The molecule has 202 valence electrons. The number of piperazine rings is 1. The fraction of sp³-hybridized carbons (Fsp3) is 0.846. The largest absolute Gasteiger partial charge is 0.444 e. The van der Waals surface area contributed by atoms with Gasteiger partial charge in [-0.15, -0.1) is 0 Å². The number of nitrogens with zero attached hydrogens (tertiary/aromatic N) is 5. The summed E-state index contributed by atoms with van der Waals surface area (Å²) in [4.78, 5) is 18.1. The Labute approximate surface area is 212 Å². The lowest BCUT2D eigenvalue weighted by Crippen LogP contribution is -2.66. The summed E-state index contributed by atoms with van der Waals surface area (Å²) in [5.41, 5.74) is -0.650. The van der Waals surface area contributed by atoms with Crippen LogP contribution in [0.4, 0.5) is 19.4 Å². The fourth-order valence-corrected chi connectivity index (χ4v) is 6.55. The van der Waals surface area contributed by atoms with E-state index in [9.17, 15) is 13.6 Å². The van der Waals surface area contributed by atoms with Gasteiger partial charge in [-0.25, -0.2) is 13.6 Å². The maximum atomic E-state index is 14.5. The Balaban J connectivity index is 1.22. The highest BCUT2D eigenvalue weighted by Crippen LogP contribution is 2.54. The molecule has 1 saturated carbocycles. The molecule has 0 radical (unpaired) electrons. The molecule has 1 atom stereocenters. The third kappa shape index (κ3) is 4.71. The lowest BCUT2D eigenvalue weighted by atomic mass is 9.61. The van der Waals surface area contributed by atoms with E-state index in [1.54, 1.807) is 11.8 Å². The van der Waals surface area contributed by atoms with Crippen molar-refractivity contribution >= 4 is 11.9 Å². The zero-order chi connectivity index (χ0) is 25.9. The highest BCUT2D eigenvalue weighted by atomic mass is 19.3. The van der Waals surface area contributed by atoms with Crippen LogP contribution in [0.2, 0.25) is 0 Å². The summed E-state index contributed by atoms with van der Waals surface area (Å²) in [7, 11) is 0. The van der Waals surface area contributed by atoms with Crippen molar-refractivity contribution in [1.82, 2.24) is 19.6 Å². The van der Waals surface area contributed by atoms with E-state index in [2.05, 4.69) is 4.90 Å². The van der Waals surface area contributed by atoms with Gasteiger partial charge in [-0.05, 0) is 60.3 Å². The second-order valence-corrected chi connectivity index (χ2v) is 12.6. The summed E-state index contributed by atoms with van der Waals surface area (Å²) < 4.78 is 42.0. The lowest BCUT2D eigenvalue weighted by Gasteiger charge is -2.58. The van der Waals surface area contributed by atoms with E-state index in [1.807, 2.05) is 43.3 Å².